The predicted molar refractivity (Wildman–Crippen MR) is 75.4 cm³/mol. The normalized spacial score (nSPS) is 14.0. The van der Waals surface area contributed by atoms with Gasteiger partial charge >= 0.3 is 0 Å². The number of amides is 1. The first kappa shape index (κ1) is 15.5. The molecule has 2 N–H and O–H groups in total. The summed E-state index contributed by atoms with van der Waals surface area (Å²) in [6.45, 7) is 7.71. The van der Waals surface area contributed by atoms with Crippen LogP contribution in [-0.2, 0) is 0 Å². The van der Waals surface area contributed by atoms with Crippen molar-refractivity contribution in [3.05, 3.63) is 29.8 Å². The number of benzene rings is 1. The van der Waals surface area contributed by atoms with Crippen LogP contribution in [0.5, 0.6) is 5.75 Å². The number of aliphatic hydroxyl groups excluding tert-OH is 1. The molecule has 1 aromatic carbocycles. The van der Waals surface area contributed by atoms with E-state index in [4.69, 9.17) is 9.84 Å². The Labute approximate surface area is 114 Å². The van der Waals surface area contributed by atoms with Crippen molar-refractivity contribution in [1.29, 1.82) is 0 Å². The maximum Gasteiger partial charge on any atom is 0.251 e. The van der Waals surface area contributed by atoms with E-state index < -0.39 is 0 Å². The maximum atomic E-state index is 12.1. The molecule has 106 valence electrons. The third-order valence-corrected chi connectivity index (χ3v) is 2.97. The zero-order valence-electron chi connectivity index (χ0n) is 12.0. The van der Waals surface area contributed by atoms with E-state index in [-0.39, 0.29) is 30.6 Å². The number of hydrogen-bond donors (Lipinski definition) is 2. The summed E-state index contributed by atoms with van der Waals surface area (Å²) in [7, 11) is 0. The van der Waals surface area contributed by atoms with Crippen molar-refractivity contribution in [2.45, 2.75) is 39.8 Å². The molecule has 2 unspecified atom stereocenters. The SMILES string of the molecule is CC(C)Oc1cccc(C(=O)NC(C)C(C)CO)c1. The molecule has 0 saturated carbocycles. The van der Waals surface area contributed by atoms with Crippen LogP contribution in [0.2, 0.25) is 0 Å². The predicted octanol–water partition coefficient (Wildman–Crippen LogP) is 2.22. The summed E-state index contributed by atoms with van der Waals surface area (Å²) in [6, 6.07) is 7.03. The number of aliphatic hydroxyl groups is 1. The summed E-state index contributed by atoms with van der Waals surface area (Å²) in [5.41, 5.74) is 0.565. The minimum absolute atomic E-state index is 0.0269. The van der Waals surface area contributed by atoms with E-state index in [0.717, 1.165) is 0 Å². The monoisotopic (exact) mass is 265 g/mol. The number of carbonyl (C=O) groups excluding carboxylic acids is 1. The molecule has 19 heavy (non-hydrogen) atoms. The molecule has 4 heteroatoms. The second-order valence-corrected chi connectivity index (χ2v) is 5.12. The second kappa shape index (κ2) is 7.14. The van der Waals surface area contributed by atoms with Crippen molar-refractivity contribution in [1.82, 2.24) is 5.32 Å². The van der Waals surface area contributed by atoms with Crippen LogP contribution in [-0.4, -0.2) is 29.8 Å². The lowest BCUT2D eigenvalue weighted by Crippen LogP contribution is -2.38. The highest BCUT2D eigenvalue weighted by Crippen LogP contribution is 2.15. The van der Waals surface area contributed by atoms with Crippen LogP contribution in [0.1, 0.15) is 38.1 Å². The number of ether oxygens (including phenoxy) is 1. The molecule has 1 aromatic rings. The van der Waals surface area contributed by atoms with Gasteiger partial charge in [-0.15, -0.1) is 0 Å². The first-order valence-electron chi connectivity index (χ1n) is 6.62. The van der Waals surface area contributed by atoms with E-state index in [1.165, 1.54) is 0 Å². The van der Waals surface area contributed by atoms with E-state index in [1.54, 1.807) is 18.2 Å². The van der Waals surface area contributed by atoms with Crippen molar-refractivity contribution in [3.63, 3.8) is 0 Å². The molecule has 2 atom stereocenters. The highest BCUT2D eigenvalue weighted by molar-refractivity contribution is 5.94. The van der Waals surface area contributed by atoms with Gasteiger partial charge in [-0.3, -0.25) is 4.79 Å². The standard InChI is InChI=1S/C15H23NO3/c1-10(2)19-14-7-5-6-13(8-14)15(18)16-12(4)11(3)9-17/h5-8,10-12,17H,9H2,1-4H3,(H,16,18). The Morgan fingerprint density at radius 1 is 1.32 bits per heavy atom. The van der Waals surface area contributed by atoms with Crippen LogP contribution in [0.25, 0.3) is 0 Å². The van der Waals surface area contributed by atoms with E-state index in [1.807, 2.05) is 33.8 Å². The smallest absolute Gasteiger partial charge is 0.251 e. The molecule has 0 bridgehead atoms. The summed E-state index contributed by atoms with van der Waals surface area (Å²) in [5, 5.41) is 11.9. The van der Waals surface area contributed by atoms with Crippen LogP contribution in [0.15, 0.2) is 24.3 Å². The molecule has 0 spiro atoms. The number of nitrogens with one attached hydrogen (secondary N) is 1. The molecule has 1 rings (SSSR count). The lowest BCUT2D eigenvalue weighted by Gasteiger charge is -2.19. The first-order valence-corrected chi connectivity index (χ1v) is 6.62. The highest BCUT2D eigenvalue weighted by Gasteiger charge is 2.15. The Morgan fingerprint density at radius 3 is 2.58 bits per heavy atom. The fourth-order valence-corrected chi connectivity index (χ4v) is 1.57. The zero-order chi connectivity index (χ0) is 14.4. The average Bonchev–Trinajstić information content (AvgIpc) is 2.37. The fourth-order valence-electron chi connectivity index (χ4n) is 1.57. The third kappa shape index (κ3) is 4.91. The second-order valence-electron chi connectivity index (χ2n) is 5.12. The summed E-state index contributed by atoms with van der Waals surface area (Å²) in [5.74, 6) is 0.562. The molecule has 0 heterocycles. The molecular weight excluding hydrogens is 242 g/mol. The Kier molecular flexibility index (Phi) is 5.83. The van der Waals surface area contributed by atoms with Crippen molar-refractivity contribution in [3.8, 4) is 5.75 Å². The van der Waals surface area contributed by atoms with E-state index in [2.05, 4.69) is 5.32 Å². The number of hydrogen-bond acceptors (Lipinski definition) is 3. The Morgan fingerprint density at radius 2 is 2.00 bits per heavy atom. The van der Waals surface area contributed by atoms with E-state index in [0.29, 0.717) is 11.3 Å². The minimum atomic E-state index is -0.151. The van der Waals surface area contributed by atoms with Crippen LogP contribution in [0.4, 0.5) is 0 Å². The van der Waals surface area contributed by atoms with Gasteiger partial charge in [0.2, 0.25) is 0 Å². The molecule has 4 nitrogen and oxygen atoms in total. The molecule has 1 amide bonds. The highest BCUT2D eigenvalue weighted by atomic mass is 16.5. The fraction of sp³-hybridized carbons (Fsp3) is 0.533. The summed E-state index contributed by atoms with van der Waals surface area (Å²) >= 11 is 0. The minimum Gasteiger partial charge on any atom is -0.491 e. The summed E-state index contributed by atoms with van der Waals surface area (Å²) in [4.78, 5) is 12.1. The van der Waals surface area contributed by atoms with Gasteiger partial charge in [0.1, 0.15) is 5.75 Å². The lowest BCUT2D eigenvalue weighted by molar-refractivity contribution is 0.0915. The topological polar surface area (TPSA) is 58.6 Å². The first-order chi connectivity index (χ1) is 8.93. The number of rotatable bonds is 6. The van der Waals surface area contributed by atoms with Gasteiger partial charge in [-0.2, -0.15) is 0 Å². The van der Waals surface area contributed by atoms with Gasteiger partial charge in [-0.05, 0) is 44.9 Å². The van der Waals surface area contributed by atoms with Gasteiger partial charge in [0.05, 0.1) is 6.10 Å². The van der Waals surface area contributed by atoms with Crippen LogP contribution in [0, 0.1) is 5.92 Å². The molecule has 0 fully saturated rings. The molecule has 0 saturated heterocycles. The zero-order valence-corrected chi connectivity index (χ0v) is 12.0. The molecular formula is C15H23NO3. The van der Waals surface area contributed by atoms with E-state index in [9.17, 15) is 4.79 Å². The van der Waals surface area contributed by atoms with Crippen LogP contribution >= 0.6 is 0 Å². The molecule has 0 aliphatic heterocycles. The van der Waals surface area contributed by atoms with Gasteiger partial charge < -0.3 is 15.2 Å². The molecule has 0 aliphatic carbocycles. The van der Waals surface area contributed by atoms with E-state index >= 15 is 0 Å². The molecule has 0 aliphatic rings. The van der Waals surface area contributed by atoms with Crippen LogP contribution in [0.3, 0.4) is 0 Å². The van der Waals surface area contributed by atoms with Crippen LogP contribution < -0.4 is 10.1 Å². The summed E-state index contributed by atoms with van der Waals surface area (Å²) < 4.78 is 5.56. The van der Waals surface area contributed by atoms with Crippen molar-refractivity contribution >= 4 is 5.91 Å². The Hall–Kier alpha value is -1.55. The van der Waals surface area contributed by atoms with Gasteiger partial charge in [-0.25, -0.2) is 0 Å². The van der Waals surface area contributed by atoms with Gasteiger partial charge in [0, 0.05) is 18.2 Å². The third-order valence-electron chi connectivity index (χ3n) is 2.97. The van der Waals surface area contributed by atoms with Gasteiger partial charge in [0.25, 0.3) is 5.91 Å². The van der Waals surface area contributed by atoms with Crippen molar-refractivity contribution in [2.24, 2.45) is 5.92 Å². The molecule has 0 aromatic heterocycles. The Balaban J connectivity index is 2.71. The average molecular weight is 265 g/mol. The van der Waals surface area contributed by atoms with Crippen molar-refractivity contribution < 1.29 is 14.6 Å². The molecule has 0 radical (unpaired) electrons. The summed E-state index contributed by atoms with van der Waals surface area (Å²) in [6.07, 6.45) is 0.0756. The lowest BCUT2D eigenvalue weighted by atomic mass is 10.0. The Bertz CT molecular complexity index is 418. The number of carbonyl (C=O) groups is 1. The van der Waals surface area contributed by atoms with Gasteiger partial charge in [-0.1, -0.05) is 13.0 Å². The largest absolute Gasteiger partial charge is 0.491 e. The van der Waals surface area contributed by atoms with Gasteiger partial charge in [0.15, 0.2) is 0 Å². The van der Waals surface area contributed by atoms with Crippen molar-refractivity contribution in [2.75, 3.05) is 6.61 Å². The quantitative estimate of drug-likeness (QED) is 0.829. The maximum absolute atomic E-state index is 12.1.